The van der Waals surface area contributed by atoms with Crippen LogP contribution in [0.5, 0.6) is 5.75 Å². The minimum absolute atomic E-state index is 0.0443. The molecule has 2 N–H and O–H groups in total. The molecule has 0 saturated carbocycles. The second-order valence-corrected chi connectivity index (χ2v) is 8.35. The summed E-state index contributed by atoms with van der Waals surface area (Å²) < 4.78 is 27.3. The van der Waals surface area contributed by atoms with Crippen molar-refractivity contribution in [1.29, 1.82) is 0 Å². The maximum Gasteiger partial charge on any atom is 0.254 e. The van der Waals surface area contributed by atoms with E-state index in [1.165, 1.54) is 16.8 Å². The first kappa shape index (κ1) is 21.6. The predicted octanol–water partition coefficient (Wildman–Crippen LogP) is 2.02. The number of aromatic nitrogens is 3. The molecule has 2 aliphatic heterocycles. The van der Waals surface area contributed by atoms with E-state index in [1.54, 1.807) is 12.3 Å². The number of carbonyl (C=O) groups excluding carboxylic acids is 1. The van der Waals surface area contributed by atoms with Gasteiger partial charge in [0.05, 0.1) is 25.5 Å². The van der Waals surface area contributed by atoms with Crippen molar-refractivity contribution in [2.45, 2.75) is 18.9 Å². The monoisotopic (exact) mass is 454 g/mol. The molecule has 1 amide bonds. The van der Waals surface area contributed by atoms with Crippen molar-refractivity contribution in [3.8, 4) is 5.75 Å². The number of nitrogens with zero attached hydrogens (tertiary/aromatic N) is 5. The second kappa shape index (κ2) is 9.32. The van der Waals surface area contributed by atoms with Gasteiger partial charge in [0.25, 0.3) is 5.91 Å². The Morgan fingerprint density at radius 2 is 2.09 bits per heavy atom. The van der Waals surface area contributed by atoms with Gasteiger partial charge in [0.15, 0.2) is 5.65 Å². The lowest BCUT2D eigenvalue weighted by Crippen LogP contribution is -2.38. The van der Waals surface area contributed by atoms with Crippen molar-refractivity contribution in [1.82, 2.24) is 19.5 Å². The van der Waals surface area contributed by atoms with Gasteiger partial charge in [0, 0.05) is 38.4 Å². The number of benzene rings is 1. The topological polar surface area (TPSA) is 98.2 Å². The molecule has 0 radical (unpaired) electrons. The number of morpholine rings is 1. The highest BCUT2D eigenvalue weighted by Crippen LogP contribution is 2.37. The van der Waals surface area contributed by atoms with Crippen LogP contribution in [0, 0.1) is 5.82 Å². The quantitative estimate of drug-likeness (QED) is 0.583. The first-order valence-corrected chi connectivity index (χ1v) is 11.2. The van der Waals surface area contributed by atoms with Crippen LogP contribution in [-0.4, -0.2) is 71.4 Å². The molecular weight excluding hydrogens is 427 g/mol. The number of hydrogen-bond acceptors (Lipinski definition) is 7. The molecule has 33 heavy (non-hydrogen) atoms. The molecule has 2 aliphatic rings. The number of carbonyl (C=O) groups is 1. The Balaban J connectivity index is 1.34. The van der Waals surface area contributed by atoms with Gasteiger partial charge in [0.1, 0.15) is 29.6 Å². The summed E-state index contributed by atoms with van der Waals surface area (Å²) in [5, 5.41) is 4.13. The lowest BCUT2D eigenvalue weighted by Gasteiger charge is -2.27. The van der Waals surface area contributed by atoms with Gasteiger partial charge in [0.2, 0.25) is 0 Å². The van der Waals surface area contributed by atoms with Gasteiger partial charge in [-0.05, 0) is 36.6 Å². The van der Waals surface area contributed by atoms with Crippen LogP contribution < -0.4 is 15.4 Å². The number of fused-ring (bicyclic) bond motifs is 1. The molecule has 5 rings (SSSR count). The van der Waals surface area contributed by atoms with Crippen LogP contribution >= 0.6 is 0 Å². The Hall–Kier alpha value is -3.24. The van der Waals surface area contributed by atoms with Crippen LogP contribution in [-0.2, 0) is 4.74 Å². The normalized spacial score (nSPS) is 19.3. The van der Waals surface area contributed by atoms with Crippen molar-refractivity contribution in [2.75, 3.05) is 50.9 Å². The molecule has 1 unspecified atom stereocenters. The van der Waals surface area contributed by atoms with Gasteiger partial charge >= 0.3 is 0 Å². The van der Waals surface area contributed by atoms with E-state index in [2.05, 4.69) is 19.9 Å². The highest BCUT2D eigenvalue weighted by Gasteiger charge is 2.28. The number of hydrogen-bond donors (Lipinski definition) is 1. The van der Waals surface area contributed by atoms with Crippen molar-refractivity contribution in [3.05, 3.63) is 53.6 Å². The van der Waals surface area contributed by atoms with E-state index in [-0.39, 0.29) is 17.4 Å². The van der Waals surface area contributed by atoms with E-state index in [0.29, 0.717) is 23.8 Å². The third kappa shape index (κ3) is 4.62. The van der Waals surface area contributed by atoms with Gasteiger partial charge in [-0.25, -0.2) is 13.9 Å². The molecule has 174 valence electrons. The SMILES string of the molecule is NC(=O)c1cnn2ccc(N3CCCC3c3cc(F)cc(OCCN4CCOCC4)c3)nc12. The molecule has 2 aromatic heterocycles. The molecule has 0 aliphatic carbocycles. The Morgan fingerprint density at radius 1 is 1.24 bits per heavy atom. The molecule has 2 saturated heterocycles. The van der Waals surface area contributed by atoms with Crippen molar-refractivity contribution < 1.29 is 18.7 Å². The zero-order chi connectivity index (χ0) is 22.8. The average Bonchev–Trinajstić information content (AvgIpc) is 3.46. The number of anilines is 1. The first-order chi connectivity index (χ1) is 16.1. The summed E-state index contributed by atoms with van der Waals surface area (Å²) in [5.74, 6) is 0.333. The third-order valence-electron chi connectivity index (χ3n) is 6.23. The zero-order valence-corrected chi connectivity index (χ0v) is 18.3. The second-order valence-electron chi connectivity index (χ2n) is 8.35. The van der Waals surface area contributed by atoms with Gasteiger partial charge in [-0.1, -0.05) is 0 Å². The number of nitrogens with two attached hydrogens (primary N) is 1. The summed E-state index contributed by atoms with van der Waals surface area (Å²) >= 11 is 0. The fourth-order valence-electron chi connectivity index (χ4n) is 4.56. The van der Waals surface area contributed by atoms with Crippen LogP contribution in [0.25, 0.3) is 5.65 Å². The highest BCUT2D eigenvalue weighted by atomic mass is 19.1. The third-order valence-corrected chi connectivity index (χ3v) is 6.23. The van der Waals surface area contributed by atoms with Gasteiger partial charge in [-0.2, -0.15) is 5.10 Å². The number of amides is 1. The molecule has 0 spiro atoms. The summed E-state index contributed by atoms with van der Waals surface area (Å²) in [4.78, 5) is 20.8. The predicted molar refractivity (Wildman–Crippen MR) is 120 cm³/mol. The molecule has 10 heteroatoms. The summed E-state index contributed by atoms with van der Waals surface area (Å²) in [7, 11) is 0. The molecular formula is C23H27FN6O3. The number of halogens is 1. The molecule has 3 aromatic rings. The Kier molecular flexibility index (Phi) is 6.10. The summed E-state index contributed by atoms with van der Waals surface area (Å²) in [6.07, 6.45) is 4.99. The van der Waals surface area contributed by atoms with Crippen molar-refractivity contribution >= 4 is 17.4 Å². The molecule has 0 bridgehead atoms. The fourth-order valence-corrected chi connectivity index (χ4v) is 4.56. The molecule has 1 atom stereocenters. The van der Waals surface area contributed by atoms with E-state index in [1.807, 2.05) is 12.1 Å². The Morgan fingerprint density at radius 3 is 2.91 bits per heavy atom. The largest absolute Gasteiger partial charge is 0.492 e. The van der Waals surface area contributed by atoms with E-state index >= 15 is 0 Å². The van der Waals surface area contributed by atoms with Crippen LogP contribution in [0.3, 0.4) is 0 Å². The summed E-state index contributed by atoms with van der Waals surface area (Å²) in [5.41, 5.74) is 6.99. The highest BCUT2D eigenvalue weighted by molar-refractivity contribution is 5.98. The maximum absolute atomic E-state index is 14.5. The van der Waals surface area contributed by atoms with Crippen molar-refractivity contribution in [3.63, 3.8) is 0 Å². The Labute approximate surface area is 190 Å². The maximum atomic E-state index is 14.5. The van der Waals surface area contributed by atoms with Crippen molar-refractivity contribution in [2.24, 2.45) is 5.73 Å². The molecule has 2 fully saturated rings. The smallest absolute Gasteiger partial charge is 0.254 e. The van der Waals surface area contributed by atoms with E-state index < -0.39 is 5.91 Å². The molecule has 1 aromatic carbocycles. The molecule has 4 heterocycles. The average molecular weight is 455 g/mol. The number of ether oxygens (including phenoxy) is 2. The summed E-state index contributed by atoms with van der Waals surface area (Å²) in [6, 6.07) is 6.71. The number of rotatable bonds is 7. The summed E-state index contributed by atoms with van der Waals surface area (Å²) in [6.45, 7) is 5.30. The van der Waals surface area contributed by atoms with Crippen LogP contribution in [0.15, 0.2) is 36.7 Å². The molecule has 9 nitrogen and oxygen atoms in total. The first-order valence-electron chi connectivity index (χ1n) is 11.2. The van der Waals surface area contributed by atoms with E-state index in [9.17, 15) is 9.18 Å². The standard InChI is InChI=1S/C23H27FN6O3/c24-17-12-16(13-18(14-17)33-11-8-28-6-9-32-10-7-28)20-2-1-4-29(20)21-3-5-30-23(27-21)19(15-26-30)22(25)31/h3,5,12-15,20H,1-2,4,6-11H2,(H2,25,31). The van der Waals surface area contributed by atoms with Crippen LogP contribution in [0.1, 0.15) is 34.8 Å². The van der Waals surface area contributed by atoms with E-state index in [0.717, 1.165) is 57.8 Å². The fraction of sp³-hybridized carbons (Fsp3) is 0.435. The van der Waals surface area contributed by atoms with Gasteiger partial charge in [-0.15, -0.1) is 0 Å². The van der Waals surface area contributed by atoms with E-state index in [4.69, 9.17) is 15.2 Å². The van der Waals surface area contributed by atoms with Crippen LogP contribution in [0.4, 0.5) is 10.2 Å². The van der Waals surface area contributed by atoms with Crippen LogP contribution in [0.2, 0.25) is 0 Å². The lowest BCUT2D eigenvalue weighted by atomic mass is 10.0. The number of primary amides is 1. The minimum atomic E-state index is -0.573. The minimum Gasteiger partial charge on any atom is -0.492 e. The lowest BCUT2D eigenvalue weighted by molar-refractivity contribution is 0.0322. The van der Waals surface area contributed by atoms with Gasteiger partial charge in [-0.3, -0.25) is 9.69 Å². The zero-order valence-electron chi connectivity index (χ0n) is 18.3. The Bertz CT molecular complexity index is 1150. The van der Waals surface area contributed by atoms with Gasteiger partial charge < -0.3 is 20.1 Å².